The first-order valence-electron chi connectivity index (χ1n) is 7.50. The molecule has 0 saturated heterocycles. The summed E-state index contributed by atoms with van der Waals surface area (Å²) < 4.78 is 4.69. The Morgan fingerprint density at radius 2 is 1.82 bits per heavy atom. The summed E-state index contributed by atoms with van der Waals surface area (Å²) >= 11 is 1.70. The molecule has 2 rings (SSSR count). The SMILES string of the molecule is COC(=O)CCSc1cc(-c2ccccc2)cc(C(C)C)c1. The molecule has 0 amide bonds. The van der Waals surface area contributed by atoms with E-state index in [1.165, 1.54) is 28.7 Å². The van der Waals surface area contributed by atoms with Gasteiger partial charge >= 0.3 is 5.97 Å². The lowest BCUT2D eigenvalue weighted by atomic mass is 9.97. The first-order valence-corrected chi connectivity index (χ1v) is 8.48. The van der Waals surface area contributed by atoms with Gasteiger partial charge in [0.2, 0.25) is 0 Å². The Bertz CT molecular complexity index is 621. The summed E-state index contributed by atoms with van der Waals surface area (Å²) in [5.41, 5.74) is 3.77. The smallest absolute Gasteiger partial charge is 0.306 e. The number of carbonyl (C=O) groups excluding carboxylic acids is 1. The van der Waals surface area contributed by atoms with E-state index in [-0.39, 0.29) is 5.97 Å². The molecule has 0 heterocycles. The van der Waals surface area contributed by atoms with Crippen molar-refractivity contribution in [3.63, 3.8) is 0 Å². The highest BCUT2D eigenvalue weighted by Crippen LogP contribution is 2.30. The van der Waals surface area contributed by atoms with Crippen molar-refractivity contribution in [1.29, 1.82) is 0 Å². The molecular formula is C19H22O2S. The Labute approximate surface area is 136 Å². The third-order valence-electron chi connectivity index (χ3n) is 3.51. The van der Waals surface area contributed by atoms with Gasteiger partial charge in [-0.1, -0.05) is 50.2 Å². The van der Waals surface area contributed by atoms with E-state index in [0.29, 0.717) is 12.3 Å². The molecule has 0 saturated carbocycles. The molecule has 0 spiro atoms. The first-order chi connectivity index (χ1) is 10.6. The van der Waals surface area contributed by atoms with Crippen LogP contribution in [0.5, 0.6) is 0 Å². The number of hydrogen-bond donors (Lipinski definition) is 0. The summed E-state index contributed by atoms with van der Waals surface area (Å²) in [6, 6.07) is 17.1. The van der Waals surface area contributed by atoms with E-state index in [1.54, 1.807) is 11.8 Å². The largest absolute Gasteiger partial charge is 0.469 e. The van der Waals surface area contributed by atoms with Gasteiger partial charge in [0.05, 0.1) is 13.5 Å². The summed E-state index contributed by atoms with van der Waals surface area (Å²) in [4.78, 5) is 12.4. The summed E-state index contributed by atoms with van der Waals surface area (Å²) in [7, 11) is 1.43. The van der Waals surface area contributed by atoms with Gasteiger partial charge in [0.25, 0.3) is 0 Å². The summed E-state index contributed by atoms with van der Waals surface area (Å²) in [5.74, 6) is 1.06. The van der Waals surface area contributed by atoms with Gasteiger partial charge in [0, 0.05) is 10.6 Å². The molecule has 2 aromatic rings. The van der Waals surface area contributed by atoms with Crippen LogP contribution in [0.1, 0.15) is 31.7 Å². The molecule has 0 aliphatic heterocycles. The predicted molar refractivity (Wildman–Crippen MR) is 93.3 cm³/mol. The molecule has 22 heavy (non-hydrogen) atoms. The fraction of sp³-hybridized carbons (Fsp3) is 0.316. The molecule has 2 aromatic carbocycles. The van der Waals surface area contributed by atoms with Crippen molar-refractivity contribution >= 4 is 17.7 Å². The zero-order chi connectivity index (χ0) is 15.9. The molecule has 2 nitrogen and oxygen atoms in total. The summed E-state index contributed by atoms with van der Waals surface area (Å²) in [5, 5.41) is 0. The zero-order valence-corrected chi connectivity index (χ0v) is 14.2. The quantitative estimate of drug-likeness (QED) is 0.546. The Hall–Kier alpha value is -1.74. The number of thioether (sulfide) groups is 1. The van der Waals surface area contributed by atoms with Gasteiger partial charge in [-0.05, 0) is 34.7 Å². The van der Waals surface area contributed by atoms with Gasteiger partial charge in [-0.25, -0.2) is 0 Å². The number of rotatable bonds is 6. The third-order valence-corrected chi connectivity index (χ3v) is 4.48. The fourth-order valence-electron chi connectivity index (χ4n) is 2.19. The van der Waals surface area contributed by atoms with E-state index in [9.17, 15) is 4.79 Å². The van der Waals surface area contributed by atoms with E-state index < -0.39 is 0 Å². The molecule has 0 fully saturated rings. The van der Waals surface area contributed by atoms with Crippen LogP contribution < -0.4 is 0 Å². The van der Waals surface area contributed by atoms with Crippen molar-refractivity contribution in [2.24, 2.45) is 0 Å². The molecule has 0 atom stereocenters. The van der Waals surface area contributed by atoms with Gasteiger partial charge in [0.15, 0.2) is 0 Å². The maximum Gasteiger partial charge on any atom is 0.306 e. The highest BCUT2D eigenvalue weighted by Gasteiger charge is 2.08. The average molecular weight is 314 g/mol. The van der Waals surface area contributed by atoms with Crippen LogP contribution in [0.4, 0.5) is 0 Å². The third kappa shape index (κ3) is 4.63. The second-order valence-electron chi connectivity index (χ2n) is 5.49. The molecule has 0 bridgehead atoms. The van der Waals surface area contributed by atoms with Crippen LogP contribution in [-0.2, 0) is 9.53 Å². The zero-order valence-electron chi connectivity index (χ0n) is 13.3. The van der Waals surface area contributed by atoms with Crippen molar-refractivity contribution in [2.45, 2.75) is 31.1 Å². The Morgan fingerprint density at radius 1 is 1.09 bits per heavy atom. The number of benzene rings is 2. The molecule has 0 aliphatic carbocycles. The van der Waals surface area contributed by atoms with E-state index in [0.717, 1.165) is 5.75 Å². The summed E-state index contributed by atoms with van der Waals surface area (Å²) in [6.07, 6.45) is 0.438. The van der Waals surface area contributed by atoms with E-state index >= 15 is 0 Å². The normalized spacial score (nSPS) is 10.7. The Kier molecular flexibility index (Phi) is 6.08. The van der Waals surface area contributed by atoms with Crippen LogP contribution in [0.25, 0.3) is 11.1 Å². The van der Waals surface area contributed by atoms with Crippen LogP contribution >= 0.6 is 11.8 Å². The predicted octanol–water partition coefficient (Wildman–Crippen LogP) is 5.13. The van der Waals surface area contributed by atoms with Crippen molar-refractivity contribution in [2.75, 3.05) is 12.9 Å². The molecular weight excluding hydrogens is 292 g/mol. The number of carbonyl (C=O) groups is 1. The lowest BCUT2D eigenvalue weighted by molar-refractivity contribution is -0.140. The Balaban J connectivity index is 2.22. The minimum Gasteiger partial charge on any atom is -0.469 e. The first kappa shape index (κ1) is 16.6. The van der Waals surface area contributed by atoms with Crippen LogP contribution in [0.2, 0.25) is 0 Å². The standard InChI is InChI=1S/C19H22O2S/c1-14(2)16-11-17(15-7-5-4-6-8-15)13-18(12-16)22-10-9-19(20)21-3/h4-8,11-14H,9-10H2,1-3H3. The van der Waals surface area contributed by atoms with Crippen molar-refractivity contribution in [3.8, 4) is 11.1 Å². The monoisotopic (exact) mass is 314 g/mol. The molecule has 0 N–H and O–H groups in total. The van der Waals surface area contributed by atoms with Gasteiger partial charge in [0.1, 0.15) is 0 Å². The molecule has 0 unspecified atom stereocenters. The van der Waals surface area contributed by atoms with E-state index in [2.05, 4.69) is 56.3 Å². The highest BCUT2D eigenvalue weighted by atomic mass is 32.2. The van der Waals surface area contributed by atoms with Gasteiger partial charge in [-0.15, -0.1) is 11.8 Å². The fourth-order valence-corrected chi connectivity index (χ4v) is 3.12. The molecule has 0 aromatic heterocycles. The average Bonchev–Trinajstić information content (AvgIpc) is 2.55. The van der Waals surface area contributed by atoms with Crippen LogP contribution in [-0.4, -0.2) is 18.8 Å². The van der Waals surface area contributed by atoms with Crippen molar-refractivity contribution in [3.05, 3.63) is 54.1 Å². The van der Waals surface area contributed by atoms with E-state index in [4.69, 9.17) is 4.74 Å². The lowest BCUT2D eigenvalue weighted by Gasteiger charge is -2.12. The van der Waals surface area contributed by atoms with E-state index in [1.807, 2.05) is 6.07 Å². The lowest BCUT2D eigenvalue weighted by Crippen LogP contribution is -2.01. The minimum atomic E-state index is -0.157. The van der Waals surface area contributed by atoms with Gasteiger partial charge in [-0.2, -0.15) is 0 Å². The number of methoxy groups -OCH3 is 1. The van der Waals surface area contributed by atoms with Crippen LogP contribution in [0, 0.1) is 0 Å². The van der Waals surface area contributed by atoms with Gasteiger partial charge in [-0.3, -0.25) is 4.79 Å². The summed E-state index contributed by atoms with van der Waals surface area (Å²) in [6.45, 7) is 4.40. The van der Waals surface area contributed by atoms with Gasteiger partial charge < -0.3 is 4.74 Å². The van der Waals surface area contributed by atoms with Crippen molar-refractivity contribution < 1.29 is 9.53 Å². The molecule has 0 radical (unpaired) electrons. The van der Waals surface area contributed by atoms with Crippen LogP contribution in [0.3, 0.4) is 0 Å². The van der Waals surface area contributed by atoms with Crippen LogP contribution in [0.15, 0.2) is 53.4 Å². The second kappa shape index (κ2) is 8.04. The molecule has 116 valence electrons. The number of hydrogen-bond acceptors (Lipinski definition) is 3. The number of esters is 1. The topological polar surface area (TPSA) is 26.3 Å². The maximum atomic E-state index is 11.2. The molecule has 0 aliphatic rings. The maximum absolute atomic E-state index is 11.2. The van der Waals surface area contributed by atoms with Crippen molar-refractivity contribution in [1.82, 2.24) is 0 Å². The molecule has 3 heteroatoms. The second-order valence-corrected chi connectivity index (χ2v) is 6.65. The highest BCUT2D eigenvalue weighted by molar-refractivity contribution is 7.99. The Morgan fingerprint density at radius 3 is 2.45 bits per heavy atom. The number of ether oxygens (including phenoxy) is 1. The minimum absolute atomic E-state index is 0.157.